The van der Waals surface area contributed by atoms with E-state index in [4.69, 9.17) is 9.47 Å². The van der Waals surface area contributed by atoms with Crippen molar-refractivity contribution in [3.63, 3.8) is 0 Å². The van der Waals surface area contributed by atoms with Crippen LogP contribution in [0.3, 0.4) is 0 Å². The Balaban J connectivity index is 1.85. The SMILES string of the molecule is CNCC1CCN(C(=O)CCc2cc(OC)cc(OC)c2)CC1. The summed E-state index contributed by atoms with van der Waals surface area (Å²) in [6, 6.07) is 5.78. The van der Waals surface area contributed by atoms with Crippen LogP contribution in [0.5, 0.6) is 11.5 Å². The molecule has 1 heterocycles. The Morgan fingerprint density at radius 1 is 1.17 bits per heavy atom. The molecule has 2 rings (SSSR count). The second kappa shape index (κ2) is 8.77. The summed E-state index contributed by atoms with van der Waals surface area (Å²) in [5, 5.41) is 3.22. The first-order valence-corrected chi connectivity index (χ1v) is 8.30. The zero-order valence-corrected chi connectivity index (χ0v) is 14.4. The van der Waals surface area contributed by atoms with Crippen LogP contribution in [0.1, 0.15) is 24.8 Å². The highest BCUT2D eigenvalue weighted by atomic mass is 16.5. The lowest BCUT2D eigenvalue weighted by molar-refractivity contribution is -0.132. The molecule has 1 amide bonds. The molecule has 5 nitrogen and oxygen atoms in total. The number of aryl methyl sites for hydroxylation is 1. The van der Waals surface area contributed by atoms with Gasteiger partial charge >= 0.3 is 0 Å². The summed E-state index contributed by atoms with van der Waals surface area (Å²) in [4.78, 5) is 14.4. The molecule has 0 saturated carbocycles. The smallest absolute Gasteiger partial charge is 0.222 e. The molecule has 1 fully saturated rings. The van der Waals surface area contributed by atoms with Crippen molar-refractivity contribution in [2.45, 2.75) is 25.7 Å². The van der Waals surface area contributed by atoms with E-state index in [9.17, 15) is 4.79 Å². The Morgan fingerprint density at radius 2 is 1.78 bits per heavy atom. The van der Waals surface area contributed by atoms with Gasteiger partial charge in [0.2, 0.25) is 5.91 Å². The maximum absolute atomic E-state index is 12.4. The Bertz CT molecular complexity index is 489. The van der Waals surface area contributed by atoms with Gasteiger partial charge in [-0.25, -0.2) is 0 Å². The third kappa shape index (κ3) is 5.13. The molecular weight excluding hydrogens is 292 g/mol. The van der Waals surface area contributed by atoms with Crippen molar-refractivity contribution in [2.24, 2.45) is 5.92 Å². The second-order valence-electron chi connectivity index (χ2n) is 6.10. The van der Waals surface area contributed by atoms with Gasteiger partial charge in [-0.05, 0) is 56.5 Å². The van der Waals surface area contributed by atoms with Gasteiger partial charge in [0.1, 0.15) is 11.5 Å². The summed E-state index contributed by atoms with van der Waals surface area (Å²) in [5.74, 6) is 2.47. The van der Waals surface area contributed by atoms with Crippen molar-refractivity contribution in [1.82, 2.24) is 10.2 Å². The number of benzene rings is 1. The predicted molar refractivity (Wildman–Crippen MR) is 91.1 cm³/mol. The van der Waals surface area contributed by atoms with Crippen LogP contribution in [0.15, 0.2) is 18.2 Å². The highest BCUT2D eigenvalue weighted by Gasteiger charge is 2.22. The van der Waals surface area contributed by atoms with Crippen molar-refractivity contribution in [3.8, 4) is 11.5 Å². The van der Waals surface area contributed by atoms with Crippen LogP contribution in [0, 0.1) is 5.92 Å². The van der Waals surface area contributed by atoms with E-state index in [-0.39, 0.29) is 5.91 Å². The van der Waals surface area contributed by atoms with Crippen molar-refractivity contribution >= 4 is 5.91 Å². The Hall–Kier alpha value is -1.75. The van der Waals surface area contributed by atoms with E-state index in [0.717, 1.165) is 49.5 Å². The number of carbonyl (C=O) groups is 1. The second-order valence-corrected chi connectivity index (χ2v) is 6.10. The number of ether oxygens (including phenoxy) is 2. The van der Waals surface area contributed by atoms with Gasteiger partial charge in [0.25, 0.3) is 0 Å². The molecule has 0 bridgehead atoms. The van der Waals surface area contributed by atoms with Gasteiger partial charge in [0.05, 0.1) is 14.2 Å². The number of amides is 1. The molecule has 0 atom stereocenters. The lowest BCUT2D eigenvalue weighted by atomic mass is 9.96. The van der Waals surface area contributed by atoms with E-state index < -0.39 is 0 Å². The van der Waals surface area contributed by atoms with E-state index in [1.165, 1.54) is 0 Å². The third-order valence-corrected chi connectivity index (χ3v) is 4.50. The van der Waals surface area contributed by atoms with Crippen LogP contribution in [-0.2, 0) is 11.2 Å². The van der Waals surface area contributed by atoms with E-state index >= 15 is 0 Å². The first-order valence-electron chi connectivity index (χ1n) is 8.30. The van der Waals surface area contributed by atoms with Crippen molar-refractivity contribution in [2.75, 3.05) is 40.9 Å². The number of carbonyl (C=O) groups excluding carboxylic acids is 1. The number of methoxy groups -OCH3 is 2. The lowest BCUT2D eigenvalue weighted by Gasteiger charge is -2.32. The topological polar surface area (TPSA) is 50.8 Å². The first-order chi connectivity index (χ1) is 11.2. The maximum atomic E-state index is 12.4. The number of rotatable bonds is 7. The van der Waals surface area contributed by atoms with Crippen molar-refractivity contribution < 1.29 is 14.3 Å². The van der Waals surface area contributed by atoms with Gasteiger partial charge in [-0.3, -0.25) is 4.79 Å². The van der Waals surface area contributed by atoms with Gasteiger partial charge in [-0.2, -0.15) is 0 Å². The zero-order chi connectivity index (χ0) is 16.7. The molecule has 0 aromatic heterocycles. The minimum absolute atomic E-state index is 0.245. The summed E-state index contributed by atoms with van der Waals surface area (Å²) < 4.78 is 10.5. The van der Waals surface area contributed by atoms with Gasteiger partial charge in [0.15, 0.2) is 0 Å². The van der Waals surface area contributed by atoms with E-state index in [1.54, 1.807) is 14.2 Å². The van der Waals surface area contributed by atoms with Gasteiger partial charge in [0, 0.05) is 25.6 Å². The molecule has 23 heavy (non-hydrogen) atoms. The maximum Gasteiger partial charge on any atom is 0.222 e. The van der Waals surface area contributed by atoms with Crippen LogP contribution in [0.4, 0.5) is 0 Å². The number of nitrogens with one attached hydrogen (secondary N) is 1. The Kier molecular flexibility index (Phi) is 6.71. The summed E-state index contributed by atoms with van der Waals surface area (Å²) in [5.41, 5.74) is 1.07. The Labute approximate surface area is 139 Å². The van der Waals surface area contributed by atoms with Crippen LogP contribution >= 0.6 is 0 Å². The average Bonchev–Trinajstić information content (AvgIpc) is 2.60. The largest absolute Gasteiger partial charge is 0.497 e. The van der Waals surface area contributed by atoms with E-state index in [2.05, 4.69) is 5.32 Å². The van der Waals surface area contributed by atoms with Crippen molar-refractivity contribution in [1.29, 1.82) is 0 Å². The Morgan fingerprint density at radius 3 is 2.30 bits per heavy atom. The van der Waals surface area contributed by atoms with Crippen molar-refractivity contribution in [3.05, 3.63) is 23.8 Å². The quantitative estimate of drug-likeness (QED) is 0.836. The molecule has 0 aliphatic carbocycles. The highest BCUT2D eigenvalue weighted by Crippen LogP contribution is 2.24. The normalized spacial score (nSPS) is 15.5. The molecule has 1 aliphatic rings. The molecule has 1 saturated heterocycles. The molecule has 1 aliphatic heterocycles. The molecule has 128 valence electrons. The summed E-state index contributed by atoms with van der Waals surface area (Å²) >= 11 is 0. The fraction of sp³-hybridized carbons (Fsp3) is 0.611. The zero-order valence-electron chi connectivity index (χ0n) is 14.4. The van der Waals surface area contributed by atoms with Gasteiger partial charge in [-0.15, -0.1) is 0 Å². The minimum Gasteiger partial charge on any atom is -0.497 e. The fourth-order valence-corrected chi connectivity index (χ4v) is 3.10. The number of hydrogen-bond donors (Lipinski definition) is 1. The van der Waals surface area contributed by atoms with Gasteiger partial charge < -0.3 is 19.7 Å². The average molecular weight is 320 g/mol. The first kappa shape index (κ1) is 17.6. The minimum atomic E-state index is 0.245. The number of likely N-dealkylation sites (tertiary alicyclic amines) is 1. The number of piperidine rings is 1. The summed E-state index contributed by atoms with van der Waals surface area (Å²) in [6.07, 6.45) is 3.44. The van der Waals surface area contributed by atoms with Crippen LogP contribution in [-0.4, -0.2) is 51.7 Å². The van der Waals surface area contributed by atoms with Crippen LogP contribution in [0.2, 0.25) is 0 Å². The van der Waals surface area contributed by atoms with Crippen LogP contribution < -0.4 is 14.8 Å². The molecule has 1 aromatic rings. The number of nitrogens with zero attached hydrogens (tertiary/aromatic N) is 1. The van der Waals surface area contributed by atoms with Crippen LogP contribution in [0.25, 0.3) is 0 Å². The predicted octanol–water partition coefficient (Wildman–Crippen LogP) is 2.09. The highest BCUT2D eigenvalue weighted by molar-refractivity contribution is 5.76. The van der Waals surface area contributed by atoms with E-state index in [1.807, 2.05) is 30.1 Å². The fourth-order valence-electron chi connectivity index (χ4n) is 3.10. The standard InChI is InChI=1S/C18H28N2O3/c1-19-13-14-6-8-20(9-7-14)18(21)5-4-15-10-16(22-2)12-17(11-15)23-3/h10-12,14,19H,4-9,13H2,1-3H3. The molecular formula is C18H28N2O3. The lowest BCUT2D eigenvalue weighted by Crippen LogP contribution is -2.40. The molecule has 1 N–H and O–H groups in total. The summed E-state index contributed by atoms with van der Waals surface area (Å²) in [6.45, 7) is 2.81. The van der Waals surface area contributed by atoms with E-state index in [0.29, 0.717) is 18.8 Å². The molecule has 0 spiro atoms. The molecule has 1 aromatic carbocycles. The number of hydrogen-bond acceptors (Lipinski definition) is 4. The monoisotopic (exact) mass is 320 g/mol. The third-order valence-electron chi connectivity index (χ3n) is 4.50. The summed E-state index contributed by atoms with van der Waals surface area (Å²) in [7, 11) is 5.26. The molecule has 5 heteroatoms. The molecule has 0 radical (unpaired) electrons. The van der Waals surface area contributed by atoms with Gasteiger partial charge in [-0.1, -0.05) is 0 Å². The molecule has 0 unspecified atom stereocenters.